The van der Waals surface area contributed by atoms with Gasteiger partial charge in [-0.3, -0.25) is 5.41 Å². The molecule has 0 spiro atoms. The fraction of sp³-hybridized carbons (Fsp3) is 0.200. The van der Waals surface area contributed by atoms with E-state index in [2.05, 4.69) is 9.72 Å². The number of aromatic nitrogens is 1. The molecule has 0 fully saturated rings. The second-order valence-corrected chi connectivity index (χ2v) is 7.72. The minimum atomic E-state index is -2.97. The summed E-state index contributed by atoms with van der Waals surface area (Å²) in [5.74, 6) is 0.422. The van der Waals surface area contributed by atoms with Gasteiger partial charge in [-0.05, 0) is 54.3 Å². The van der Waals surface area contributed by atoms with Gasteiger partial charge in [-0.2, -0.15) is 8.78 Å². The van der Waals surface area contributed by atoms with Crippen molar-refractivity contribution in [2.75, 3.05) is 7.11 Å². The Labute approximate surface area is 194 Å². The standard InChI is InChI=1S/C25H21ClF2N2O3/c1-13-16(6-4-8-18(13)23(29)31-3)17-7-5-9-19(14(17)2)24-30-20-10-15(12-26)21(33-25(27)28)11-22(20)32-24/h4-11,25,29H,12H2,1-3H3. The number of nitrogens with one attached hydrogen (secondary N) is 1. The van der Waals surface area contributed by atoms with Gasteiger partial charge in [0.2, 0.25) is 11.8 Å². The van der Waals surface area contributed by atoms with E-state index in [0.29, 0.717) is 28.1 Å². The van der Waals surface area contributed by atoms with Crippen molar-refractivity contribution in [3.05, 3.63) is 70.8 Å². The molecule has 1 aromatic heterocycles. The molecule has 0 saturated carbocycles. The third-order valence-electron chi connectivity index (χ3n) is 5.57. The lowest BCUT2D eigenvalue weighted by Crippen LogP contribution is -2.05. The molecule has 5 nitrogen and oxygen atoms in total. The van der Waals surface area contributed by atoms with Crippen LogP contribution < -0.4 is 4.74 Å². The van der Waals surface area contributed by atoms with Gasteiger partial charge in [0.05, 0.1) is 13.0 Å². The Balaban J connectivity index is 1.82. The fourth-order valence-electron chi connectivity index (χ4n) is 3.87. The Bertz CT molecular complexity index is 1350. The second-order valence-electron chi connectivity index (χ2n) is 7.45. The number of hydrogen-bond acceptors (Lipinski definition) is 5. The Hall–Kier alpha value is -3.45. The number of fused-ring (bicyclic) bond motifs is 1. The lowest BCUT2D eigenvalue weighted by atomic mass is 9.91. The molecule has 0 radical (unpaired) electrons. The molecule has 1 N–H and O–H groups in total. The van der Waals surface area contributed by atoms with Crippen molar-refractivity contribution in [2.45, 2.75) is 26.3 Å². The molecule has 3 aromatic carbocycles. The minimum absolute atomic E-state index is 0.000791. The fourth-order valence-corrected chi connectivity index (χ4v) is 4.08. The summed E-state index contributed by atoms with van der Waals surface area (Å²) in [6.07, 6.45) is 0. The van der Waals surface area contributed by atoms with Gasteiger partial charge in [-0.1, -0.05) is 24.3 Å². The van der Waals surface area contributed by atoms with Crippen LogP contribution in [0.15, 0.2) is 52.9 Å². The van der Waals surface area contributed by atoms with Gasteiger partial charge >= 0.3 is 6.61 Å². The third-order valence-corrected chi connectivity index (χ3v) is 5.86. The Morgan fingerprint density at radius 2 is 1.73 bits per heavy atom. The Morgan fingerprint density at radius 3 is 2.39 bits per heavy atom. The van der Waals surface area contributed by atoms with Gasteiger partial charge < -0.3 is 13.9 Å². The van der Waals surface area contributed by atoms with Gasteiger partial charge in [0.25, 0.3) is 0 Å². The highest BCUT2D eigenvalue weighted by atomic mass is 35.5. The number of halogens is 3. The quantitative estimate of drug-likeness (QED) is 0.185. The summed E-state index contributed by atoms with van der Waals surface area (Å²) in [6.45, 7) is 0.939. The SMILES string of the molecule is COC(=N)c1cccc(-c2cccc(-c3nc4cc(CCl)c(OC(F)F)cc4o3)c2C)c1C. The van der Waals surface area contributed by atoms with E-state index in [1.165, 1.54) is 13.2 Å². The number of benzene rings is 3. The van der Waals surface area contributed by atoms with E-state index in [9.17, 15) is 8.78 Å². The average Bonchev–Trinajstić information content (AvgIpc) is 3.20. The highest BCUT2D eigenvalue weighted by Gasteiger charge is 2.19. The molecule has 33 heavy (non-hydrogen) atoms. The number of alkyl halides is 3. The van der Waals surface area contributed by atoms with Crippen LogP contribution in [0, 0.1) is 19.3 Å². The van der Waals surface area contributed by atoms with Crippen molar-refractivity contribution in [1.82, 2.24) is 4.98 Å². The summed E-state index contributed by atoms with van der Waals surface area (Å²) in [4.78, 5) is 4.57. The lowest BCUT2D eigenvalue weighted by Gasteiger charge is -2.15. The average molecular weight is 471 g/mol. The number of hydrogen-bond donors (Lipinski definition) is 1. The topological polar surface area (TPSA) is 68.3 Å². The monoisotopic (exact) mass is 470 g/mol. The maximum Gasteiger partial charge on any atom is 0.387 e. The third kappa shape index (κ3) is 4.28. The van der Waals surface area contributed by atoms with E-state index in [1.54, 1.807) is 6.07 Å². The van der Waals surface area contributed by atoms with E-state index >= 15 is 0 Å². The van der Waals surface area contributed by atoms with Crippen LogP contribution in [-0.4, -0.2) is 24.6 Å². The first kappa shape index (κ1) is 22.7. The van der Waals surface area contributed by atoms with Crippen LogP contribution in [0.3, 0.4) is 0 Å². The Morgan fingerprint density at radius 1 is 1.06 bits per heavy atom. The zero-order chi connectivity index (χ0) is 23.7. The van der Waals surface area contributed by atoms with E-state index in [4.69, 9.17) is 26.2 Å². The zero-order valence-corrected chi connectivity index (χ0v) is 19.0. The maximum atomic E-state index is 12.8. The van der Waals surface area contributed by atoms with Crippen LogP contribution in [-0.2, 0) is 10.6 Å². The molecule has 8 heteroatoms. The van der Waals surface area contributed by atoms with Crippen LogP contribution in [0.1, 0.15) is 22.3 Å². The molecule has 0 bridgehead atoms. The first-order valence-electron chi connectivity index (χ1n) is 10.1. The van der Waals surface area contributed by atoms with Crippen molar-refractivity contribution in [1.29, 1.82) is 5.41 Å². The summed E-state index contributed by atoms with van der Waals surface area (Å²) in [6, 6.07) is 14.5. The predicted octanol–water partition coefficient (Wildman–Crippen LogP) is 7.09. The zero-order valence-electron chi connectivity index (χ0n) is 18.2. The molecule has 170 valence electrons. The summed E-state index contributed by atoms with van der Waals surface area (Å²) < 4.78 is 41.1. The van der Waals surface area contributed by atoms with Crippen LogP contribution in [0.2, 0.25) is 0 Å². The first-order chi connectivity index (χ1) is 15.8. The first-order valence-corrected chi connectivity index (χ1v) is 10.6. The van der Waals surface area contributed by atoms with Crippen LogP contribution in [0.4, 0.5) is 8.78 Å². The molecule has 0 aliphatic rings. The number of nitrogens with zero attached hydrogens (tertiary/aromatic N) is 1. The molecule has 0 amide bonds. The summed E-state index contributed by atoms with van der Waals surface area (Å²) in [7, 11) is 1.47. The summed E-state index contributed by atoms with van der Waals surface area (Å²) in [5.41, 5.74) is 6.47. The van der Waals surface area contributed by atoms with Gasteiger partial charge in [0.15, 0.2) is 5.58 Å². The molecule has 0 aliphatic heterocycles. The van der Waals surface area contributed by atoms with E-state index in [0.717, 1.165) is 27.8 Å². The molecular weight excluding hydrogens is 450 g/mol. The van der Waals surface area contributed by atoms with Gasteiger partial charge in [0, 0.05) is 22.8 Å². The maximum absolute atomic E-state index is 12.8. The molecular formula is C25H21ClF2N2O3. The van der Waals surface area contributed by atoms with Crippen molar-refractivity contribution in [2.24, 2.45) is 0 Å². The van der Waals surface area contributed by atoms with E-state index in [-0.39, 0.29) is 17.5 Å². The number of ether oxygens (including phenoxy) is 2. The van der Waals surface area contributed by atoms with Crippen LogP contribution in [0.25, 0.3) is 33.7 Å². The normalized spacial score (nSPS) is 11.2. The van der Waals surface area contributed by atoms with Crippen molar-refractivity contribution >= 4 is 28.6 Å². The number of methoxy groups -OCH3 is 1. The molecule has 0 unspecified atom stereocenters. The molecule has 1 heterocycles. The van der Waals surface area contributed by atoms with Crippen LogP contribution >= 0.6 is 11.6 Å². The summed E-state index contributed by atoms with van der Waals surface area (Å²) in [5, 5.41) is 8.05. The molecule has 4 rings (SSSR count). The Kier molecular flexibility index (Phi) is 6.33. The van der Waals surface area contributed by atoms with Gasteiger partial charge in [-0.15, -0.1) is 11.6 Å². The largest absolute Gasteiger partial charge is 0.481 e. The predicted molar refractivity (Wildman–Crippen MR) is 124 cm³/mol. The molecule has 0 aliphatic carbocycles. The van der Waals surface area contributed by atoms with Crippen LogP contribution in [0.5, 0.6) is 5.75 Å². The van der Waals surface area contributed by atoms with Gasteiger partial charge in [0.1, 0.15) is 11.3 Å². The molecule has 4 aromatic rings. The number of oxazole rings is 1. The lowest BCUT2D eigenvalue weighted by molar-refractivity contribution is -0.0502. The van der Waals surface area contributed by atoms with E-state index in [1.807, 2.05) is 50.2 Å². The summed E-state index contributed by atoms with van der Waals surface area (Å²) >= 11 is 5.91. The van der Waals surface area contributed by atoms with Gasteiger partial charge in [-0.25, -0.2) is 4.98 Å². The molecule has 0 saturated heterocycles. The van der Waals surface area contributed by atoms with Crippen molar-refractivity contribution in [3.63, 3.8) is 0 Å². The highest BCUT2D eigenvalue weighted by Crippen LogP contribution is 2.36. The van der Waals surface area contributed by atoms with Crippen molar-refractivity contribution < 1.29 is 22.7 Å². The molecule has 0 atom stereocenters. The minimum Gasteiger partial charge on any atom is -0.481 e. The smallest absolute Gasteiger partial charge is 0.387 e. The highest BCUT2D eigenvalue weighted by molar-refractivity contribution is 6.17. The number of rotatable bonds is 6. The second kappa shape index (κ2) is 9.19. The van der Waals surface area contributed by atoms with E-state index < -0.39 is 6.61 Å². The van der Waals surface area contributed by atoms with Crippen molar-refractivity contribution in [3.8, 4) is 28.3 Å².